The van der Waals surface area contributed by atoms with E-state index >= 15 is 0 Å². The molecule has 0 amide bonds. The van der Waals surface area contributed by atoms with Crippen molar-refractivity contribution in [3.8, 4) is 17.5 Å². The summed E-state index contributed by atoms with van der Waals surface area (Å²) in [6.45, 7) is 4.93. The Morgan fingerprint density at radius 3 is 2.44 bits per heavy atom. The molecule has 1 aliphatic rings. The average molecular weight is 381 g/mol. The first kappa shape index (κ1) is 17.9. The fourth-order valence-corrected chi connectivity index (χ4v) is 4.20. The number of nitriles is 1. The van der Waals surface area contributed by atoms with E-state index in [1.165, 1.54) is 4.31 Å². The molecule has 0 saturated carbocycles. The van der Waals surface area contributed by atoms with Crippen LogP contribution in [-0.2, 0) is 10.0 Å². The molecule has 0 unspecified atom stereocenters. The first-order chi connectivity index (χ1) is 12.0. The maximum absolute atomic E-state index is 12.9. The van der Waals surface area contributed by atoms with Gasteiger partial charge in [0.05, 0.1) is 0 Å². The minimum atomic E-state index is -3.90. The third kappa shape index (κ3) is 3.55. The van der Waals surface area contributed by atoms with Crippen molar-refractivity contribution in [3.63, 3.8) is 0 Å². The van der Waals surface area contributed by atoms with E-state index in [4.69, 9.17) is 16.0 Å². The second kappa shape index (κ2) is 7.14. The molecule has 0 bridgehead atoms. The van der Waals surface area contributed by atoms with E-state index in [1.807, 2.05) is 13.0 Å². The fraction of sp³-hybridized carbons (Fsp3) is 0.375. The van der Waals surface area contributed by atoms with E-state index in [0.717, 1.165) is 6.54 Å². The van der Waals surface area contributed by atoms with Gasteiger partial charge in [0, 0.05) is 36.8 Å². The van der Waals surface area contributed by atoms with Gasteiger partial charge in [-0.05, 0) is 30.8 Å². The zero-order valence-corrected chi connectivity index (χ0v) is 15.2. The third-order valence-electron chi connectivity index (χ3n) is 4.15. The zero-order chi connectivity index (χ0) is 18.0. The standard InChI is InChI=1S/C16H17ClN4O3S/c1-2-20-7-9-21(10-8-20)25(22,23)16-14(11-18)19-15(24-16)12-3-5-13(17)6-4-12/h3-6H,2,7-10H2,1H3. The Balaban J connectivity index is 1.94. The quantitative estimate of drug-likeness (QED) is 0.807. The number of sulfonamides is 1. The highest BCUT2D eigenvalue weighted by atomic mass is 35.5. The molecule has 0 radical (unpaired) electrons. The van der Waals surface area contributed by atoms with Gasteiger partial charge in [-0.25, -0.2) is 8.42 Å². The summed E-state index contributed by atoms with van der Waals surface area (Å²) >= 11 is 5.85. The predicted octanol–water partition coefficient (Wildman–Crippen LogP) is 2.19. The summed E-state index contributed by atoms with van der Waals surface area (Å²) in [5, 5.41) is 9.42. The van der Waals surface area contributed by atoms with Crippen LogP contribution in [0.3, 0.4) is 0 Å². The highest BCUT2D eigenvalue weighted by Gasteiger charge is 2.34. The molecule has 0 spiro atoms. The van der Waals surface area contributed by atoms with E-state index in [0.29, 0.717) is 36.8 Å². The van der Waals surface area contributed by atoms with Crippen LogP contribution in [0.1, 0.15) is 12.6 Å². The van der Waals surface area contributed by atoms with Crippen molar-refractivity contribution in [1.82, 2.24) is 14.2 Å². The Kier molecular flexibility index (Phi) is 5.11. The largest absolute Gasteiger partial charge is 0.422 e. The molecule has 3 rings (SSSR count). The minimum Gasteiger partial charge on any atom is -0.422 e. The fourth-order valence-electron chi connectivity index (χ4n) is 2.67. The van der Waals surface area contributed by atoms with Crippen molar-refractivity contribution in [3.05, 3.63) is 35.0 Å². The molecular weight excluding hydrogens is 364 g/mol. The minimum absolute atomic E-state index is 0.0824. The van der Waals surface area contributed by atoms with E-state index in [-0.39, 0.29) is 11.6 Å². The van der Waals surface area contributed by atoms with Gasteiger partial charge in [-0.15, -0.1) is 0 Å². The van der Waals surface area contributed by atoms with Gasteiger partial charge in [0.15, 0.2) is 5.69 Å². The molecule has 2 aromatic rings. The monoisotopic (exact) mass is 380 g/mol. The van der Waals surface area contributed by atoms with E-state index in [2.05, 4.69) is 9.88 Å². The normalized spacial score (nSPS) is 16.7. The summed E-state index contributed by atoms with van der Waals surface area (Å²) in [6, 6.07) is 8.42. The van der Waals surface area contributed by atoms with Crippen LogP contribution >= 0.6 is 11.6 Å². The number of nitrogens with zero attached hydrogens (tertiary/aromatic N) is 4. The Morgan fingerprint density at radius 2 is 1.88 bits per heavy atom. The molecule has 0 atom stereocenters. The first-order valence-electron chi connectivity index (χ1n) is 7.85. The van der Waals surface area contributed by atoms with Crippen molar-refractivity contribution in [2.45, 2.75) is 12.0 Å². The Bertz CT molecular complexity index is 894. The van der Waals surface area contributed by atoms with Gasteiger partial charge in [-0.3, -0.25) is 0 Å². The van der Waals surface area contributed by atoms with Crippen LogP contribution in [0.5, 0.6) is 0 Å². The number of hydrogen-bond donors (Lipinski definition) is 0. The molecular formula is C16H17ClN4O3S. The maximum Gasteiger partial charge on any atom is 0.279 e. The molecule has 1 fully saturated rings. The van der Waals surface area contributed by atoms with E-state index in [9.17, 15) is 13.7 Å². The molecule has 1 aromatic heterocycles. The number of oxazole rings is 1. The highest BCUT2D eigenvalue weighted by molar-refractivity contribution is 7.89. The summed E-state index contributed by atoms with van der Waals surface area (Å²) in [5.41, 5.74) is 0.320. The van der Waals surface area contributed by atoms with Gasteiger partial charge in [0.1, 0.15) is 6.07 Å². The highest BCUT2D eigenvalue weighted by Crippen LogP contribution is 2.28. The van der Waals surface area contributed by atoms with Crippen LogP contribution in [0.4, 0.5) is 0 Å². The van der Waals surface area contributed by atoms with E-state index < -0.39 is 15.1 Å². The first-order valence-corrected chi connectivity index (χ1v) is 9.67. The van der Waals surface area contributed by atoms with Crippen molar-refractivity contribution in [2.24, 2.45) is 0 Å². The molecule has 1 aromatic carbocycles. The second-order valence-corrected chi connectivity index (χ2v) is 7.89. The predicted molar refractivity (Wildman–Crippen MR) is 92.5 cm³/mol. The van der Waals surface area contributed by atoms with Gasteiger partial charge < -0.3 is 9.32 Å². The van der Waals surface area contributed by atoms with Crippen molar-refractivity contribution in [2.75, 3.05) is 32.7 Å². The maximum atomic E-state index is 12.9. The second-order valence-electron chi connectivity index (χ2n) is 5.61. The molecule has 1 aliphatic heterocycles. The molecule has 2 heterocycles. The Hall–Kier alpha value is -1.92. The van der Waals surface area contributed by atoms with Crippen LogP contribution < -0.4 is 0 Å². The van der Waals surface area contributed by atoms with Gasteiger partial charge in [0.2, 0.25) is 5.89 Å². The van der Waals surface area contributed by atoms with Gasteiger partial charge in [-0.2, -0.15) is 14.6 Å². The van der Waals surface area contributed by atoms with Crippen LogP contribution in [0.25, 0.3) is 11.5 Å². The SMILES string of the molecule is CCN1CCN(S(=O)(=O)c2oc(-c3ccc(Cl)cc3)nc2C#N)CC1. The molecule has 0 aliphatic carbocycles. The van der Waals surface area contributed by atoms with Crippen LogP contribution in [0.2, 0.25) is 5.02 Å². The summed E-state index contributed by atoms with van der Waals surface area (Å²) in [5.74, 6) is 0.0824. The molecule has 132 valence electrons. The van der Waals surface area contributed by atoms with Crippen LogP contribution in [0, 0.1) is 11.3 Å². The van der Waals surface area contributed by atoms with Crippen LogP contribution in [-0.4, -0.2) is 55.3 Å². The molecule has 7 nitrogen and oxygen atoms in total. The molecule has 9 heteroatoms. The smallest absolute Gasteiger partial charge is 0.279 e. The summed E-state index contributed by atoms with van der Waals surface area (Å²) < 4.78 is 32.5. The lowest BCUT2D eigenvalue weighted by Gasteiger charge is -2.32. The zero-order valence-electron chi connectivity index (χ0n) is 13.6. The summed E-state index contributed by atoms with van der Waals surface area (Å²) in [4.78, 5) is 6.20. The number of halogens is 1. The van der Waals surface area contributed by atoms with E-state index in [1.54, 1.807) is 24.3 Å². The number of rotatable bonds is 4. The molecule has 0 N–H and O–H groups in total. The molecule has 1 saturated heterocycles. The Morgan fingerprint density at radius 1 is 1.24 bits per heavy atom. The number of likely N-dealkylation sites (N-methyl/N-ethyl adjacent to an activating group) is 1. The Labute approximate surface area is 151 Å². The summed E-state index contributed by atoms with van der Waals surface area (Å²) in [7, 11) is -3.90. The van der Waals surface area contributed by atoms with Gasteiger partial charge in [-0.1, -0.05) is 18.5 Å². The summed E-state index contributed by atoms with van der Waals surface area (Å²) in [6.07, 6.45) is 0. The van der Waals surface area contributed by atoms with Gasteiger partial charge in [0.25, 0.3) is 15.1 Å². The number of aromatic nitrogens is 1. The van der Waals surface area contributed by atoms with Crippen LogP contribution in [0.15, 0.2) is 33.8 Å². The molecule has 25 heavy (non-hydrogen) atoms. The van der Waals surface area contributed by atoms with Crippen molar-refractivity contribution < 1.29 is 12.8 Å². The van der Waals surface area contributed by atoms with Crippen molar-refractivity contribution in [1.29, 1.82) is 5.26 Å². The number of hydrogen-bond acceptors (Lipinski definition) is 6. The average Bonchev–Trinajstić information content (AvgIpc) is 3.07. The lowest BCUT2D eigenvalue weighted by Crippen LogP contribution is -2.48. The van der Waals surface area contributed by atoms with Gasteiger partial charge >= 0.3 is 0 Å². The lowest BCUT2D eigenvalue weighted by atomic mass is 10.2. The topological polar surface area (TPSA) is 90.4 Å². The van der Waals surface area contributed by atoms with Crippen molar-refractivity contribution >= 4 is 21.6 Å². The third-order valence-corrected chi connectivity index (χ3v) is 6.19. The number of piperazine rings is 1. The number of benzene rings is 1. The lowest BCUT2D eigenvalue weighted by molar-refractivity contribution is 0.194.